The molecule has 0 saturated carbocycles. The van der Waals surface area contributed by atoms with Gasteiger partial charge in [0, 0.05) is 13.0 Å². The summed E-state index contributed by atoms with van der Waals surface area (Å²) in [6.45, 7) is 4.41. The van der Waals surface area contributed by atoms with Crippen LogP contribution in [0.15, 0.2) is 55.1 Å². The minimum absolute atomic E-state index is 0.136. The van der Waals surface area contributed by atoms with Gasteiger partial charge in [-0.15, -0.1) is 6.58 Å². The van der Waals surface area contributed by atoms with Gasteiger partial charge in [-0.3, -0.25) is 4.79 Å². The van der Waals surface area contributed by atoms with Crippen molar-refractivity contribution < 1.29 is 4.79 Å². The number of unbranched alkanes of at least 4 members (excludes halogenated alkanes) is 2. The van der Waals surface area contributed by atoms with Gasteiger partial charge in [0.2, 0.25) is 5.91 Å². The molecule has 1 aromatic rings. The predicted octanol–water partition coefficient (Wildman–Crippen LogP) is 4.04. The zero-order valence-electron chi connectivity index (χ0n) is 12.2. The molecule has 0 bridgehead atoms. The first-order valence-electron chi connectivity index (χ1n) is 7.39. The average Bonchev–Trinajstić information content (AvgIpc) is 2.47. The Morgan fingerprint density at radius 2 is 1.85 bits per heavy atom. The Labute approximate surface area is 122 Å². The van der Waals surface area contributed by atoms with Crippen molar-refractivity contribution in [2.45, 2.75) is 38.5 Å². The van der Waals surface area contributed by atoms with Crippen molar-refractivity contribution in [3.63, 3.8) is 0 Å². The van der Waals surface area contributed by atoms with Crippen molar-refractivity contribution in [3.8, 4) is 0 Å². The van der Waals surface area contributed by atoms with Crippen molar-refractivity contribution in [1.29, 1.82) is 0 Å². The molecule has 0 unspecified atom stereocenters. The second kappa shape index (κ2) is 11.0. The van der Waals surface area contributed by atoms with Crippen LogP contribution in [0.2, 0.25) is 0 Å². The average molecular weight is 271 g/mol. The third kappa shape index (κ3) is 8.30. The van der Waals surface area contributed by atoms with Crippen molar-refractivity contribution >= 4 is 5.91 Å². The summed E-state index contributed by atoms with van der Waals surface area (Å²) in [4.78, 5) is 11.6. The summed E-state index contributed by atoms with van der Waals surface area (Å²) in [5, 5.41) is 2.96. The maximum Gasteiger partial charge on any atom is 0.220 e. The first-order chi connectivity index (χ1) is 9.83. The molecule has 1 amide bonds. The van der Waals surface area contributed by atoms with Crippen molar-refractivity contribution in [1.82, 2.24) is 5.32 Å². The first kappa shape index (κ1) is 16.2. The number of allylic oxidation sites excluding steroid dienone is 3. The third-order valence-corrected chi connectivity index (χ3v) is 3.06. The lowest BCUT2D eigenvalue weighted by Crippen LogP contribution is -2.25. The van der Waals surface area contributed by atoms with Gasteiger partial charge >= 0.3 is 0 Å². The largest absolute Gasteiger partial charge is 0.356 e. The van der Waals surface area contributed by atoms with E-state index in [1.165, 1.54) is 5.56 Å². The fourth-order valence-electron chi connectivity index (χ4n) is 1.91. The molecular formula is C18H25NO. The van der Waals surface area contributed by atoms with Crippen LogP contribution in [0.3, 0.4) is 0 Å². The summed E-state index contributed by atoms with van der Waals surface area (Å²) in [5.41, 5.74) is 1.26. The van der Waals surface area contributed by atoms with E-state index in [9.17, 15) is 4.79 Å². The monoisotopic (exact) mass is 271 g/mol. The first-order valence-corrected chi connectivity index (χ1v) is 7.39. The van der Waals surface area contributed by atoms with E-state index >= 15 is 0 Å². The molecule has 0 fully saturated rings. The summed E-state index contributed by atoms with van der Waals surface area (Å²) < 4.78 is 0. The molecule has 0 aromatic heterocycles. The number of hydrogen-bond acceptors (Lipinski definition) is 1. The summed E-state index contributed by atoms with van der Waals surface area (Å²) in [6.07, 6.45) is 11.8. The van der Waals surface area contributed by atoms with Crippen molar-refractivity contribution in [2.75, 3.05) is 6.54 Å². The Balaban J connectivity index is 2.02. The molecule has 2 heteroatoms. The molecule has 0 aliphatic rings. The molecule has 0 saturated heterocycles. The minimum atomic E-state index is 0.136. The molecule has 1 N–H and O–H groups in total. The van der Waals surface area contributed by atoms with Crippen LogP contribution >= 0.6 is 0 Å². The molecule has 0 heterocycles. The van der Waals surface area contributed by atoms with Crippen LogP contribution in [-0.4, -0.2) is 12.5 Å². The van der Waals surface area contributed by atoms with Crippen LogP contribution in [0.5, 0.6) is 0 Å². The van der Waals surface area contributed by atoms with Crippen LogP contribution < -0.4 is 5.32 Å². The lowest BCUT2D eigenvalue weighted by atomic mass is 10.1. The highest BCUT2D eigenvalue weighted by atomic mass is 16.1. The van der Waals surface area contributed by atoms with Crippen molar-refractivity contribution in [2.24, 2.45) is 0 Å². The number of benzene rings is 1. The summed E-state index contributed by atoms with van der Waals surface area (Å²) >= 11 is 0. The molecule has 0 aliphatic heterocycles. The van der Waals surface area contributed by atoms with Gasteiger partial charge in [0.15, 0.2) is 0 Å². The maximum absolute atomic E-state index is 11.6. The predicted molar refractivity (Wildman–Crippen MR) is 85.6 cm³/mol. The van der Waals surface area contributed by atoms with Gasteiger partial charge in [-0.1, -0.05) is 48.6 Å². The summed E-state index contributed by atoms with van der Waals surface area (Å²) in [7, 11) is 0. The molecular weight excluding hydrogens is 246 g/mol. The van der Waals surface area contributed by atoms with E-state index in [0.29, 0.717) is 13.0 Å². The number of hydrogen-bond donors (Lipinski definition) is 1. The molecule has 2 nitrogen and oxygen atoms in total. The number of carbonyl (C=O) groups excluding carboxylic acids is 1. The van der Waals surface area contributed by atoms with E-state index in [1.807, 2.05) is 24.3 Å². The molecule has 0 aliphatic carbocycles. The molecule has 108 valence electrons. The topological polar surface area (TPSA) is 29.1 Å². The van der Waals surface area contributed by atoms with Crippen LogP contribution in [0.4, 0.5) is 0 Å². The molecule has 1 aromatic carbocycles. The normalized spacial score (nSPS) is 10.6. The van der Waals surface area contributed by atoms with E-state index in [1.54, 1.807) is 0 Å². The Morgan fingerprint density at radius 3 is 2.60 bits per heavy atom. The van der Waals surface area contributed by atoms with Crippen LogP contribution in [0.1, 0.15) is 37.7 Å². The van der Waals surface area contributed by atoms with E-state index in [0.717, 1.165) is 32.1 Å². The Bertz CT molecular complexity index is 409. The fraction of sp³-hybridized carbons (Fsp3) is 0.389. The lowest BCUT2D eigenvalue weighted by molar-refractivity contribution is -0.120. The van der Waals surface area contributed by atoms with Gasteiger partial charge in [0.1, 0.15) is 0 Å². The summed E-state index contributed by atoms with van der Waals surface area (Å²) in [6, 6.07) is 10.2. The smallest absolute Gasteiger partial charge is 0.220 e. The number of nitrogens with one attached hydrogen (secondary N) is 1. The number of carbonyl (C=O) groups is 1. The summed E-state index contributed by atoms with van der Waals surface area (Å²) in [5.74, 6) is 0.136. The van der Waals surface area contributed by atoms with Gasteiger partial charge in [0.05, 0.1) is 0 Å². The fourth-order valence-corrected chi connectivity index (χ4v) is 1.91. The molecule has 1 rings (SSSR count). The second-order valence-corrected chi connectivity index (χ2v) is 4.82. The molecule has 0 spiro atoms. The molecule has 0 atom stereocenters. The van der Waals surface area contributed by atoms with E-state index in [2.05, 4.69) is 36.2 Å². The minimum Gasteiger partial charge on any atom is -0.356 e. The highest BCUT2D eigenvalue weighted by Gasteiger charge is 1.98. The van der Waals surface area contributed by atoms with E-state index < -0.39 is 0 Å². The number of amides is 1. The molecule has 0 radical (unpaired) electrons. The standard InChI is InChI=1S/C18H25NO/c1-2-3-4-5-6-7-11-14-18(20)19-16-15-17-12-9-8-10-13-17/h2,6-10,12-13H,1,3-5,11,14-16H2,(H,19,20)/b7-6+. The zero-order chi connectivity index (χ0) is 14.5. The maximum atomic E-state index is 11.6. The zero-order valence-corrected chi connectivity index (χ0v) is 12.2. The van der Waals surface area contributed by atoms with Crippen LogP contribution in [0, 0.1) is 0 Å². The van der Waals surface area contributed by atoms with Crippen LogP contribution in [-0.2, 0) is 11.2 Å². The van der Waals surface area contributed by atoms with E-state index in [-0.39, 0.29) is 5.91 Å². The Morgan fingerprint density at radius 1 is 1.10 bits per heavy atom. The van der Waals surface area contributed by atoms with Crippen LogP contribution in [0.25, 0.3) is 0 Å². The molecule has 20 heavy (non-hydrogen) atoms. The van der Waals surface area contributed by atoms with E-state index in [4.69, 9.17) is 0 Å². The highest BCUT2D eigenvalue weighted by Crippen LogP contribution is 2.00. The third-order valence-electron chi connectivity index (χ3n) is 3.06. The number of rotatable bonds is 10. The van der Waals surface area contributed by atoms with Gasteiger partial charge in [-0.2, -0.15) is 0 Å². The lowest BCUT2D eigenvalue weighted by Gasteiger charge is -2.04. The van der Waals surface area contributed by atoms with Gasteiger partial charge in [-0.25, -0.2) is 0 Å². The second-order valence-electron chi connectivity index (χ2n) is 4.82. The SMILES string of the molecule is C=CCCC/C=C/CCC(=O)NCCc1ccccc1. The quantitative estimate of drug-likeness (QED) is 0.505. The highest BCUT2D eigenvalue weighted by molar-refractivity contribution is 5.75. The Hall–Kier alpha value is -1.83. The van der Waals surface area contributed by atoms with Gasteiger partial charge < -0.3 is 5.32 Å². The van der Waals surface area contributed by atoms with Gasteiger partial charge in [-0.05, 0) is 37.7 Å². The van der Waals surface area contributed by atoms with Gasteiger partial charge in [0.25, 0.3) is 0 Å². The Kier molecular flexibility index (Phi) is 8.95. The van der Waals surface area contributed by atoms with Crippen molar-refractivity contribution in [3.05, 3.63) is 60.7 Å².